The molecule has 0 radical (unpaired) electrons. The maximum absolute atomic E-state index is 12.9. The van der Waals surface area contributed by atoms with Crippen LogP contribution in [0.4, 0.5) is 18.9 Å². The van der Waals surface area contributed by atoms with Crippen LogP contribution < -0.4 is 14.8 Å². The van der Waals surface area contributed by atoms with E-state index < -0.39 is 17.7 Å². The van der Waals surface area contributed by atoms with Gasteiger partial charge in [0.05, 0.1) is 18.6 Å². The first-order chi connectivity index (χ1) is 17.6. The van der Waals surface area contributed by atoms with E-state index in [9.17, 15) is 27.9 Å². The van der Waals surface area contributed by atoms with E-state index in [4.69, 9.17) is 9.47 Å². The topological polar surface area (TPSA) is 88.1 Å². The van der Waals surface area contributed by atoms with E-state index in [1.54, 1.807) is 29.2 Å². The van der Waals surface area contributed by atoms with Crippen molar-refractivity contribution in [2.75, 3.05) is 25.5 Å². The highest BCUT2D eigenvalue weighted by Gasteiger charge is 2.30. The van der Waals surface area contributed by atoms with Crippen molar-refractivity contribution >= 4 is 17.5 Å². The molecule has 7 nitrogen and oxygen atoms in total. The molecule has 0 bridgehead atoms. The first-order valence-corrected chi connectivity index (χ1v) is 11.6. The van der Waals surface area contributed by atoms with Crippen LogP contribution in [0, 0.1) is 5.92 Å². The number of phenols is 1. The number of halogens is 3. The molecule has 1 heterocycles. The van der Waals surface area contributed by atoms with E-state index >= 15 is 0 Å². The SMILES string of the molecule is COc1cc(C(=O)N2CCCC(C(=O)Nc3ccc(Oc4ccc(C(F)(F)F)cc4)cc3)C2)ccc1O. The molecule has 1 aliphatic heterocycles. The van der Waals surface area contributed by atoms with E-state index in [-0.39, 0.29) is 35.6 Å². The minimum Gasteiger partial charge on any atom is -0.504 e. The third kappa shape index (κ3) is 6.32. The molecule has 0 saturated carbocycles. The number of carbonyl (C=O) groups excluding carboxylic acids is 2. The Balaban J connectivity index is 1.34. The number of hydrogen-bond donors (Lipinski definition) is 2. The summed E-state index contributed by atoms with van der Waals surface area (Å²) in [5.74, 6) is -0.0919. The minimum absolute atomic E-state index is 0.0641. The molecule has 2 N–H and O–H groups in total. The average molecular weight is 515 g/mol. The molecule has 0 aromatic heterocycles. The third-order valence-electron chi connectivity index (χ3n) is 6.05. The number of alkyl halides is 3. The maximum Gasteiger partial charge on any atom is 0.416 e. The van der Waals surface area contributed by atoms with E-state index in [0.29, 0.717) is 36.4 Å². The smallest absolute Gasteiger partial charge is 0.416 e. The molecule has 3 aromatic rings. The van der Waals surface area contributed by atoms with Gasteiger partial charge in [0, 0.05) is 24.3 Å². The molecule has 10 heteroatoms. The number of ether oxygens (including phenoxy) is 2. The Morgan fingerprint density at radius 2 is 1.65 bits per heavy atom. The molecule has 1 atom stereocenters. The zero-order valence-corrected chi connectivity index (χ0v) is 19.9. The Morgan fingerprint density at radius 3 is 2.27 bits per heavy atom. The number of hydrogen-bond acceptors (Lipinski definition) is 5. The zero-order valence-electron chi connectivity index (χ0n) is 19.9. The van der Waals surface area contributed by atoms with Gasteiger partial charge in [-0.1, -0.05) is 0 Å². The molecule has 194 valence electrons. The number of carbonyl (C=O) groups is 2. The lowest BCUT2D eigenvalue weighted by Gasteiger charge is -2.32. The summed E-state index contributed by atoms with van der Waals surface area (Å²) in [4.78, 5) is 27.4. The lowest BCUT2D eigenvalue weighted by molar-refractivity contribution is -0.137. The standard InChI is InChI=1S/C27H25F3N2O5/c1-36-24-15-17(4-13-23(24)33)26(35)32-14-2-3-18(16-32)25(34)31-20-7-11-22(12-8-20)37-21-9-5-19(6-10-21)27(28,29)30/h4-13,15,18,33H,2-3,14,16H2,1H3,(H,31,34). The summed E-state index contributed by atoms with van der Waals surface area (Å²) in [7, 11) is 1.40. The number of phenolic OH excluding ortho intramolecular Hbond substituents is 1. The summed E-state index contributed by atoms with van der Waals surface area (Å²) in [6, 6.07) is 15.2. The Labute approximate surface area is 211 Å². The van der Waals surface area contributed by atoms with Crippen molar-refractivity contribution in [2.45, 2.75) is 19.0 Å². The maximum atomic E-state index is 12.9. The molecule has 1 unspecified atom stereocenters. The number of amides is 2. The Morgan fingerprint density at radius 1 is 1.00 bits per heavy atom. The van der Waals surface area contributed by atoms with Gasteiger partial charge in [-0.3, -0.25) is 9.59 Å². The van der Waals surface area contributed by atoms with E-state index in [1.165, 1.54) is 37.4 Å². The van der Waals surface area contributed by atoms with Gasteiger partial charge in [0.2, 0.25) is 5.91 Å². The first kappa shape index (κ1) is 25.9. The van der Waals surface area contributed by atoms with Crippen LogP contribution in [0.25, 0.3) is 0 Å². The fourth-order valence-corrected chi connectivity index (χ4v) is 4.07. The summed E-state index contributed by atoms with van der Waals surface area (Å²) in [6.45, 7) is 0.769. The zero-order chi connectivity index (χ0) is 26.6. The van der Waals surface area contributed by atoms with Gasteiger partial charge < -0.3 is 24.8 Å². The monoisotopic (exact) mass is 514 g/mol. The summed E-state index contributed by atoms with van der Waals surface area (Å²) in [6.07, 6.45) is -3.12. The van der Waals surface area contributed by atoms with Crippen LogP contribution in [-0.2, 0) is 11.0 Å². The van der Waals surface area contributed by atoms with Crippen molar-refractivity contribution in [3.8, 4) is 23.0 Å². The molecule has 1 aliphatic rings. The predicted molar refractivity (Wildman–Crippen MR) is 130 cm³/mol. The van der Waals surface area contributed by atoms with Gasteiger partial charge in [0.15, 0.2) is 11.5 Å². The van der Waals surface area contributed by atoms with Crippen LogP contribution in [0.5, 0.6) is 23.0 Å². The molecule has 3 aromatic carbocycles. The highest BCUT2D eigenvalue weighted by Crippen LogP contribution is 2.32. The number of likely N-dealkylation sites (tertiary alicyclic amines) is 1. The van der Waals surface area contributed by atoms with E-state index in [1.807, 2.05) is 0 Å². The second-order valence-corrected chi connectivity index (χ2v) is 8.61. The van der Waals surface area contributed by atoms with Crippen molar-refractivity contribution < 1.29 is 37.3 Å². The number of methoxy groups -OCH3 is 1. The minimum atomic E-state index is -4.42. The van der Waals surface area contributed by atoms with Crippen LogP contribution in [0.3, 0.4) is 0 Å². The number of aromatic hydroxyl groups is 1. The summed E-state index contributed by atoms with van der Waals surface area (Å²) >= 11 is 0. The van der Waals surface area contributed by atoms with Gasteiger partial charge in [-0.2, -0.15) is 13.2 Å². The van der Waals surface area contributed by atoms with Crippen LogP contribution in [0.2, 0.25) is 0 Å². The predicted octanol–water partition coefficient (Wildman–Crippen LogP) is 5.70. The Hall–Kier alpha value is -4.21. The molecule has 0 spiro atoms. The molecular weight excluding hydrogens is 489 g/mol. The number of rotatable bonds is 6. The van der Waals surface area contributed by atoms with Gasteiger partial charge in [-0.05, 0) is 79.6 Å². The average Bonchev–Trinajstić information content (AvgIpc) is 2.89. The molecular formula is C27H25F3N2O5. The van der Waals surface area contributed by atoms with Crippen LogP contribution in [0.1, 0.15) is 28.8 Å². The number of nitrogens with one attached hydrogen (secondary N) is 1. The highest BCUT2D eigenvalue weighted by atomic mass is 19.4. The number of benzene rings is 3. The molecule has 2 amide bonds. The Kier molecular flexibility index (Phi) is 7.56. The number of piperidine rings is 1. The number of nitrogens with zero attached hydrogens (tertiary/aromatic N) is 1. The Bertz CT molecular complexity index is 1260. The van der Waals surface area contributed by atoms with Gasteiger partial charge in [0.1, 0.15) is 11.5 Å². The normalized spacial score (nSPS) is 15.7. The molecule has 4 rings (SSSR count). The molecule has 1 saturated heterocycles. The third-order valence-corrected chi connectivity index (χ3v) is 6.05. The van der Waals surface area contributed by atoms with Crippen molar-refractivity contribution in [2.24, 2.45) is 5.92 Å². The lowest BCUT2D eigenvalue weighted by Crippen LogP contribution is -2.43. The van der Waals surface area contributed by atoms with Crippen molar-refractivity contribution in [1.82, 2.24) is 4.90 Å². The van der Waals surface area contributed by atoms with Gasteiger partial charge in [-0.15, -0.1) is 0 Å². The molecule has 0 aliphatic carbocycles. The summed E-state index contributed by atoms with van der Waals surface area (Å²) in [5.41, 5.74) is 0.125. The van der Waals surface area contributed by atoms with E-state index in [0.717, 1.165) is 12.1 Å². The van der Waals surface area contributed by atoms with Crippen molar-refractivity contribution in [3.63, 3.8) is 0 Å². The van der Waals surface area contributed by atoms with Gasteiger partial charge in [-0.25, -0.2) is 0 Å². The molecule has 1 fully saturated rings. The van der Waals surface area contributed by atoms with Gasteiger partial charge >= 0.3 is 6.18 Å². The lowest BCUT2D eigenvalue weighted by atomic mass is 9.96. The van der Waals surface area contributed by atoms with Crippen molar-refractivity contribution in [3.05, 3.63) is 77.9 Å². The van der Waals surface area contributed by atoms with Gasteiger partial charge in [0.25, 0.3) is 5.91 Å². The van der Waals surface area contributed by atoms with E-state index in [2.05, 4.69) is 5.32 Å². The first-order valence-electron chi connectivity index (χ1n) is 11.6. The number of anilines is 1. The van der Waals surface area contributed by atoms with Crippen LogP contribution in [-0.4, -0.2) is 42.0 Å². The van der Waals surface area contributed by atoms with Crippen LogP contribution in [0.15, 0.2) is 66.7 Å². The second-order valence-electron chi connectivity index (χ2n) is 8.61. The summed E-state index contributed by atoms with van der Waals surface area (Å²) in [5, 5.41) is 12.6. The summed E-state index contributed by atoms with van der Waals surface area (Å²) < 4.78 is 48.8. The quantitative estimate of drug-likeness (QED) is 0.441. The molecule has 37 heavy (non-hydrogen) atoms. The van der Waals surface area contributed by atoms with Crippen LogP contribution >= 0.6 is 0 Å². The highest BCUT2D eigenvalue weighted by molar-refractivity contribution is 5.96. The largest absolute Gasteiger partial charge is 0.504 e. The fraction of sp³-hybridized carbons (Fsp3) is 0.259. The second kappa shape index (κ2) is 10.8. The van der Waals surface area contributed by atoms with Crippen molar-refractivity contribution in [1.29, 1.82) is 0 Å². The fourth-order valence-electron chi connectivity index (χ4n) is 4.07.